The number of nitrogens with zero attached hydrogens (tertiary/aromatic N) is 5. The fraction of sp³-hybridized carbons (Fsp3) is 0.0678. The first-order valence-electron chi connectivity index (χ1n) is 22.1. The van der Waals surface area contributed by atoms with E-state index in [0.717, 1.165) is 52.0 Å². The Bertz CT molecular complexity index is 3540. The second-order valence-corrected chi connectivity index (χ2v) is 16.8. The number of allylic oxidation sites excluding steroid dienone is 7. The lowest BCUT2D eigenvalue weighted by molar-refractivity contribution is 0.738. The molecule has 1 unspecified atom stereocenters. The molecular formula is C59H43N5. The van der Waals surface area contributed by atoms with E-state index in [2.05, 4.69) is 210 Å². The minimum atomic E-state index is 0.506. The zero-order valence-corrected chi connectivity index (χ0v) is 35.4. The standard InChI is InChI=1S/C59H43N5/c1-39-26-28-43(29-27-39)58-60-57(42-14-4-2-5-15-42)61-59(62-58)44-32-30-40(31-33-44)41-34-36-46(37-35-41)64-55-25-11-9-20-51(55)52-22-13-21-48(56(52)64)45-16-12-17-47(38-45)63-53-23-7-3-6-18-49(53)50-19-8-10-24-54(50)63/h2-17,19-26,28-39H,18,27H2,1H3. The van der Waals surface area contributed by atoms with Crippen LogP contribution in [0.15, 0.2) is 206 Å². The van der Waals surface area contributed by atoms with Crippen LogP contribution in [-0.4, -0.2) is 24.1 Å². The van der Waals surface area contributed by atoms with Crippen LogP contribution in [0.25, 0.3) is 101 Å². The van der Waals surface area contributed by atoms with Gasteiger partial charge < -0.3 is 9.13 Å². The average molecular weight is 822 g/mol. The summed E-state index contributed by atoms with van der Waals surface area (Å²) in [5.41, 5.74) is 16.0. The van der Waals surface area contributed by atoms with Crippen molar-refractivity contribution in [1.29, 1.82) is 0 Å². The van der Waals surface area contributed by atoms with Gasteiger partial charge in [0.25, 0.3) is 0 Å². The van der Waals surface area contributed by atoms with Crippen LogP contribution in [0.1, 0.15) is 30.4 Å². The van der Waals surface area contributed by atoms with Crippen molar-refractivity contribution in [3.63, 3.8) is 0 Å². The van der Waals surface area contributed by atoms with Crippen molar-refractivity contribution >= 4 is 44.4 Å². The first-order valence-corrected chi connectivity index (χ1v) is 22.1. The molecule has 0 saturated heterocycles. The second-order valence-electron chi connectivity index (χ2n) is 16.8. The molecule has 0 saturated carbocycles. The minimum Gasteiger partial charge on any atom is -0.310 e. The van der Waals surface area contributed by atoms with Crippen LogP contribution in [0.3, 0.4) is 0 Å². The molecule has 5 nitrogen and oxygen atoms in total. The number of rotatable bonds is 7. The molecule has 0 spiro atoms. The number of aromatic nitrogens is 5. The molecule has 2 aliphatic carbocycles. The predicted molar refractivity (Wildman–Crippen MR) is 266 cm³/mol. The summed E-state index contributed by atoms with van der Waals surface area (Å²) < 4.78 is 4.86. The molecule has 7 aromatic carbocycles. The smallest absolute Gasteiger partial charge is 0.164 e. The van der Waals surface area contributed by atoms with Gasteiger partial charge >= 0.3 is 0 Å². The maximum Gasteiger partial charge on any atom is 0.164 e. The summed E-state index contributed by atoms with van der Waals surface area (Å²) in [5.74, 6) is 2.54. The molecule has 0 amide bonds. The van der Waals surface area contributed by atoms with Crippen LogP contribution in [0.2, 0.25) is 0 Å². The Labute approximate surface area is 372 Å². The Morgan fingerprint density at radius 3 is 1.88 bits per heavy atom. The highest BCUT2D eigenvalue weighted by atomic mass is 15.0. The molecule has 3 aromatic heterocycles. The lowest BCUT2D eigenvalue weighted by atomic mass is 9.98. The highest BCUT2D eigenvalue weighted by Crippen LogP contribution is 2.40. The van der Waals surface area contributed by atoms with E-state index in [-0.39, 0.29) is 0 Å². The third-order valence-electron chi connectivity index (χ3n) is 12.8. The van der Waals surface area contributed by atoms with Gasteiger partial charge in [-0.15, -0.1) is 0 Å². The SMILES string of the molecule is CC1C=CC(c2nc(-c3ccccc3)nc(-c3ccc(-c4ccc(-n5c6ccccc6c6cccc(-c7cccc(-n8c9c(c%10ccccc%108)CC=CC=C9)c7)c65)cc4)cc3)n2)=CC1. The van der Waals surface area contributed by atoms with E-state index in [1.54, 1.807) is 0 Å². The number of fused-ring (bicyclic) bond motifs is 6. The molecule has 2 aliphatic rings. The quantitative estimate of drug-likeness (QED) is 0.161. The van der Waals surface area contributed by atoms with Gasteiger partial charge in [0.2, 0.25) is 0 Å². The van der Waals surface area contributed by atoms with E-state index >= 15 is 0 Å². The summed E-state index contributed by atoms with van der Waals surface area (Å²) in [4.78, 5) is 14.9. The van der Waals surface area contributed by atoms with Gasteiger partial charge in [0, 0.05) is 49.8 Å². The Balaban J connectivity index is 0.917. The highest BCUT2D eigenvalue weighted by molar-refractivity contribution is 6.14. The van der Waals surface area contributed by atoms with Crippen molar-refractivity contribution < 1.29 is 0 Å². The molecule has 0 fully saturated rings. The number of para-hydroxylation sites is 3. The first kappa shape index (κ1) is 37.6. The summed E-state index contributed by atoms with van der Waals surface area (Å²) in [7, 11) is 0. The normalized spacial score (nSPS) is 14.6. The molecule has 0 bridgehead atoms. The van der Waals surface area contributed by atoms with Gasteiger partial charge in [-0.2, -0.15) is 0 Å². The Morgan fingerprint density at radius 2 is 1.11 bits per heavy atom. The molecule has 0 aliphatic heterocycles. The van der Waals surface area contributed by atoms with Gasteiger partial charge in [0.15, 0.2) is 17.5 Å². The van der Waals surface area contributed by atoms with Crippen LogP contribution in [0.4, 0.5) is 0 Å². The molecule has 64 heavy (non-hydrogen) atoms. The molecule has 0 N–H and O–H groups in total. The molecule has 304 valence electrons. The summed E-state index contributed by atoms with van der Waals surface area (Å²) >= 11 is 0. The summed E-state index contributed by atoms with van der Waals surface area (Å²) in [6, 6.07) is 61.0. The lowest BCUT2D eigenvalue weighted by Gasteiger charge is -2.15. The number of hydrogen-bond donors (Lipinski definition) is 0. The Kier molecular flexibility index (Phi) is 9.19. The van der Waals surface area contributed by atoms with Crippen LogP contribution >= 0.6 is 0 Å². The summed E-state index contributed by atoms with van der Waals surface area (Å²) in [6.45, 7) is 2.23. The average Bonchev–Trinajstić information content (AvgIpc) is 3.75. The van der Waals surface area contributed by atoms with Crippen LogP contribution in [0.5, 0.6) is 0 Å². The van der Waals surface area contributed by atoms with E-state index in [9.17, 15) is 0 Å². The van der Waals surface area contributed by atoms with Gasteiger partial charge in [-0.3, -0.25) is 0 Å². The van der Waals surface area contributed by atoms with Crippen molar-refractivity contribution in [1.82, 2.24) is 24.1 Å². The van der Waals surface area contributed by atoms with Crippen molar-refractivity contribution in [3.8, 4) is 56.4 Å². The Morgan fingerprint density at radius 1 is 0.484 bits per heavy atom. The zero-order chi connectivity index (χ0) is 42.6. The molecule has 10 aromatic rings. The molecule has 12 rings (SSSR count). The van der Waals surface area contributed by atoms with Gasteiger partial charge in [0.05, 0.1) is 22.2 Å². The van der Waals surface area contributed by atoms with Crippen molar-refractivity contribution in [2.75, 3.05) is 0 Å². The van der Waals surface area contributed by atoms with E-state index < -0.39 is 0 Å². The van der Waals surface area contributed by atoms with Crippen LogP contribution in [-0.2, 0) is 6.42 Å². The largest absolute Gasteiger partial charge is 0.310 e. The molecule has 3 heterocycles. The van der Waals surface area contributed by atoms with E-state index in [1.807, 2.05) is 18.2 Å². The summed E-state index contributed by atoms with van der Waals surface area (Å²) in [6.07, 6.45) is 17.3. The minimum absolute atomic E-state index is 0.506. The van der Waals surface area contributed by atoms with E-state index in [1.165, 1.54) is 55.1 Å². The fourth-order valence-corrected chi connectivity index (χ4v) is 9.60. The molecule has 5 heteroatoms. The monoisotopic (exact) mass is 821 g/mol. The van der Waals surface area contributed by atoms with E-state index in [4.69, 9.17) is 15.0 Å². The molecule has 1 atom stereocenters. The van der Waals surface area contributed by atoms with Gasteiger partial charge in [-0.25, -0.2) is 15.0 Å². The van der Waals surface area contributed by atoms with Gasteiger partial charge in [0.1, 0.15) is 0 Å². The first-order chi connectivity index (χ1) is 31.6. The van der Waals surface area contributed by atoms with Crippen LogP contribution < -0.4 is 0 Å². The second kappa shape index (κ2) is 15.6. The topological polar surface area (TPSA) is 48.5 Å². The fourth-order valence-electron chi connectivity index (χ4n) is 9.60. The third-order valence-corrected chi connectivity index (χ3v) is 12.8. The number of hydrogen-bond acceptors (Lipinski definition) is 3. The maximum absolute atomic E-state index is 5.00. The Hall–Kier alpha value is -8.15. The van der Waals surface area contributed by atoms with Crippen molar-refractivity contribution in [2.24, 2.45) is 5.92 Å². The van der Waals surface area contributed by atoms with E-state index in [0.29, 0.717) is 23.4 Å². The lowest BCUT2D eigenvalue weighted by Crippen LogP contribution is -2.04. The van der Waals surface area contributed by atoms with Crippen LogP contribution in [0, 0.1) is 5.92 Å². The van der Waals surface area contributed by atoms with Gasteiger partial charge in [-0.05, 0) is 83.5 Å². The van der Waals surface area contributed by atoms with Crippen molar-refractivity contribution in [3.05, 3.63) is 223 Å². The highest BCUT2D eigenvalue weighted by Gasteiger charge is 2.20. The molecule has 0 radical (unpaired) electrons. The third kappa shape index (κ3) is 6.52. The molecular weight excluding hydrogens is 779 g/mol. The predicted octanol–water partition coefficient (Wildman–Crippen LogP) is 14.7. The van der Waals surface area contributed by atoms with Gasteiger partial charge in [-0.1, -0.05) is 177 Å². The maximum atomic E-state index is 5.00. The zero-order valence-electron chi connectivity index (χ0n) is 35.4. The van der Waals surface area contributed by atoms with Crippen molar-refractivity contribution in [2.45, 2.75) is 19.8 Å². The summed E-state index contributed by atoms with van der Waals surface area (Å²) in [5, 5.41) is 3.77. The number of benzene rings is 7.